The zero-order chi connectivity index (χ0) is 14.6. The molecule has 21 heavy (non-hydrogen) atoms. The van der Waals surface area contributed by atoms with Gasteiger partial charge in [-0.05, 0) is 25.7 Å². The van der Waals surface area contributed by atoms with E-state index < -0.39 is 9.84 Å². The third-order valence-electron chi connectivity index (χ3n) is 3.97. The highest BCUT2D eigenvalue weighted by molar-refractivity contribution is 7.90. The molecule has 7 nitrogen and oxygen atoms in total. The predicted octanol–water partition coefficient (Wildman–Crippen LogP) is 1.14. The van der Waals surface area contributed by atoms with Crippen LogP contribution in [0.15, 0.2) is 17.6 Å². The van der Waals surface area contributed by atoms with Crippen LogP contribution in [0.2, 0.25) is 0 Å². The van der Waals surface area contributed by atoms with Gasteiger partial charge in [0.15, 0.2) is 5.82 Å². The van der Waals surface area contributed by atoms with Gasteiger partial charge in [0.2, 0.25) is 15.0 Å². The lowest BCUT2D eigenvalue weighted by atomic mass is 10.4. The van der Waals surface area contributed by atoms with Crippen LogP contribution in [0, 0.1) is 0 Å². The van der Waals surface area contributed by atoms with E-state index in [1.165, 1.54) is 25.3 Å². The Hall–Kier alpha value is -1.70. The van der Waals surface area contributed by atoms with Gasteiger partial charge in [-0.1, -0.05) is 0 Å². The largest absolute Gasteiger partial charge is 0.314 e. The van der Waals surface area contributed by atoms with Crippen LogP contribution in [0.3, 0.4) is 0 Å². The average molecular weight is 307 g/mol. The van der Waals surface area contributed by atoms with Gasteiger partial charge in [-0.25, -0.2) is 13.4 Å². The summed E-state index contributed by atoms with van der Waals surface area (Å²) in [6, 6.07) is 0.496. The van der Waals surface area contributed by atoms with Crippen LogP contribution in [-0.4, -0.2) is 39.0 Å². The van der Waals surface area contributed by atoms with Crippen molar-refractivity contribution in [1.29, 1.82) is 0 Å². The summed E-state index contributed by atoms with van der Waals surface area (Å²) in [5, 5.41) is 8.73. The molecule has 0 atom stereocenters. The maximum Gasteiger partial charge on any atom is 0.227 e. The minimum Gasteiger partial charge on any atom is -0.314 e. The number of hydrogen-bond acceptors (Lipinski definition) is 5. The van der Waals surface area contributed by atoms with Gasteiger partial charge in [-0.3, -0.25) is 0 Å². The second-order valence-electron chi connectivity index (χ2n) is 5.96. The normalized spacial score (nSPS) is 19.1. The second-order valence-corrected chi connectivity index (χ2v) is 7.87. The van der Waals surface area contributed by atoms with E-state index >= 15 is 0 Å². The van der Waals surface area contributed by atoms with Crippen LogP contribution in [0.25, 0.3) is 0 Å². The van der Waals surface area contributed by atoms with Crippen molar-refractivity contribution in [3.05, 3.63) is 24.0 Å². The molecule has 2 aromatic heterocycles. The standard InChI is InChI=1S/C13H17N5O2S/c1-21(19,20)13-14-6-7-17(13)8-11-15-16-12(9-2-3-9)18(11)10-4-5-10/h6-7,9-10H,2-5,8H2,1H3. The minimum absolute atomic E-state index is 0.0841. The molecule has 2 fully saturated rings. The van der Waals surface area contributed by atoms with Crippen molar-refractivity contribution >= 4 is 9.84 Å². The fourth-order valence-electron chi connectivity index (χ4n) is 2.69. The van der Waals surface area contributed by atoms with E-state index in [0.29, 0.717) is 18.5 Å². The predicted molar refractivity (Wildman–Crippen MR) is 74.7 cm³/mol. The number of aromatic nitrogens is 5. The van der Waals surface area contributed by atoms with Gasteiger partial charge in [0.25, 0.3) is 0 Å². The Kier molecular flexibility index (Phi) is 2.72. The number of imidazole rings is 1. The first-order valence-electron chi connectivity index (χ1n) is 7.19. The van der Waals surface area contributed by atoms with Gasteiger partial charge < -0.3 is 9.13 Å². The van der Waals surface area contributed by atoms with Crippen molar-refractivity contribution < 1.29 is 8.42 Å². The Morgan fingerprint density at radius 1 is 1.24 bits per heavy atom. The zero-order valence-corrected chi connectivity index (χ0v) is 12.6. The highest BCUT2D eigenvalue weighted by Crippen LogP contribution is 2.44. The van der Waals surface area contributed by atoms with Crippen LogP contribution in [0.4, 0.5) is 0 Å². The van der Waals surface area contributed by atoms with Crippen LogP contribution in [0.5, 0.6) is 0 Å². The van der Waals surface area contributed by atoms with E-state index in [1.54, 1.807) is 10.8 Å². The molecule has 2 aliphatic rings. The van der Waals surface area contributed by atoms with Gasteiger partial charge in [-0.2, -0.15) is 0 Å². The summed E-state index contributed by atoms with van der Waals surface area (Å²) in [6.45, 7) is 0.401. The molecule has 0 amide bonds. The van der Waals surface area contributed by atoms with Crippen molar-refractivity contribution in [2.45, 2.75) is 49.3 Å². The van der Waals surface area contributed by atoms with Gasteiger partial charge in [-0.15, -0.1) is 10.2 Å². The monoisotopic (exact) mass is 307 g/mol. The summed E-state index contributed by atoms with van der Waals surface area (Å²) < 4.78 is 27.3. The Morgan fingerprint density at radius 3 is 2.62 bits per heavy atom. The summed E-state index contributed by atoms with van der Waals surface area (Å²) in [4.78, 5) is 3.95. The molecule has 0 N–H and O–H groups in total. The Balaban J connectivity index is 1.70. The Morgan fingerprint density at radius 2 is 2.00 bits per heavy atom. The second kappa shape index (κ2) is 4.40. The number of rotatable bonds is 5. The van der Waals surface area contributed by atoms with E-state index in [4.69, 9.17) is 0 Å². The molecule has 0 spiro atoms. The molecule has 8 heteroatoms. The summed E-state index contributed by atoms with van der Waals surface area (Å²) >= 11 is 0. The maximum absolute atomic E-state index is 11.7. The Bertz CT molecular complexity index is 783. The van der Waals surface area contributed by atoms with E-state index in [0.717, 1.165) is 24.5 Å². The molecule has 0 aliphatic heterocycles. The molecule has 2 saturated carbocycles. The van der Waals surface area contributed by atoms with Crippen LogP contribution < -0.4 is 0 Å². The molecule has 0 aromatic carbocycles. The van der Waals surface area contributed by atoms with Gasteiger partial charge in [0, 0.05) is 30.6 Å². The van der Waals surface area contributed by atoms with Crippen molar-refractivity contribution in [3.8, 4) is 0 Å². The molecule has 2 aliphatic carbocycles. The van der Waals surface area contributed by atoms with Crippen LogP contribution >= 0.6 is 0 Å². The first kappa shape index (κ1) is 13.0. The summed E-state index contributed by atoms with van der Waals surface area (Å²) in [7, 11) is -3.33. The molecule has 2 aromatic rings. The zero-order valence-electron chi connectivity index (χ0n) is 11.8. The molecule has 2 heterocycles. The topological polar surface area (TPSA) is 82.7 Å². The summed E-state index contributed by atoms with van der Waals surface area (Å²) in [5.74, 6) is 2.46. The molecule has 112 valence electrons. The first-order valence-corrected chi connectivity index (χ1v) is 9.08. The third kappa shape index (κ3) is 2.37. The number of nitrogens with zero attached hydrogens (tertiary/aromatic N) is 5. The molecular formula is C13H17N5O2S. The molecule has 0 saturated heterocycles. The molecule has 4 rings (SSSR count). The molecule has 0 radical (unpaired) electrons. The van der Waals surface area contributed by atoms with E-state index in [9.17, 15) is 8.42 Å². The fraction of sp³-hybridized carbons (Fsp3) is 0.615. The van der Waals surface area contributed by atoms with Gasteiger partial charge in [0.05, 0.1) is 6.54 Å². The number of sulfone groups is 1. The quantitative estimate of drug-likeness (QED) is 0.827. The SMILES string of the molecule is CS(=O)(=O)c1nccn1Cc1nnc(C2CC2)n1C1CC1. The lowest BCUT2D eigenvalue weighted by Gasteiger charge is -2.10. The van der Waals surface area contributed by atoms with E-state index in [-0.39, 0.29) is 5.16 Å². The molecule has 0 unspecified atom stereocenters. The summed E-state index contributed by atoms with van der Waals surface area (Å²) in [6.07, 6.45) is 9.05. The summed E-state index contributed by atoms with van der Waals surface area (Å²) in [5.41, 5.74) is 0. The minimum atomic E-state index is -3.33. The maximum atomic E-state index is 11.7. The fourth-order valence-corrected chi connectivity index (χ4v) is 3.50. The third-order valence-corrected chi connectivity index (χ3v) is 4.97. The van der Waals surface area contributed by atoms with E-state index in [2.05, 4.69) is 19.7 Å². The highest BCUT2D eigenvalue weighted by Gasteiger charge is 2.36. The lowest BCUT2D eigenvalue weighted by Crippen LogP contribution is -2.14. The smallest absolute Gasteiger partial charge is 0.227 e. The van der Waals surface area contributed by atoms with Gasteiger partial charge in [0.1, 0.15) is 5.82 Å². The van der Waals surface area contributed by atoms with Crippen molar-refractivity contribution in [2.75, 3.05) is 6.26 Å². The average Bonchev–Trinajstić information content (AvgIpc) is 3.34. The molecular weight excluding hydrogens is 290 g/mol. The van der Waals surface area contributed by atoms with Crippen molar-refractivity contribution in [1.82, 2.24) is 24.3 Å². The first-order chi connectivity index (χ1) is 10.0. The van der Waals surface area contributed by atoms with Crippen LogP contribution in [0.1, 0.15) is 49.3 Å². The lowest BCUT2D eigenvalue weighted by molar-refractivity contribution is 0.561. The van der Waals surface area contributed by atoms with E-state index in [1.807, 2.05) is 0 Å². The van der Waals surface area contributed by atoms with Crippen molar-refractivity contribution in [3.63, 3.8) is 0 Å². The van der Waals surface area contributed by atoms with Crippen LogP contribution in [-0.2, 0) is 16.4 Å². The highest BCUT2D eigenvalue weighted by atomic mass is 32.2. The Labute approximate surface area is 122 Å². The number of hydrogen-bond donors (Lipinski definition) is 0. The van der Waals surface area contributed by atoms with Gasteiger partial charge >= 0.3 is 0 Å². The molecule has 0 bridgehead atoms. The van der Waals surface area contributed by atoms with Crippen molar-refractivity contribution in [2.24, 2.45) is 0 Å².